The van der Waals surface area contributed by atoms with Crippen molar-refractivity contribution in [3.05, 3.63) is 0 Å². The summed E-state index contributed by atoms with van der Waals surface area (Å²) < 4.78 is 1.66. The van der Waals surface area contributed by atoms with Crippen LogP contribution in [0.4, 0.5) is 0 Å². The Bertz CT molecular complexity index is 431. The molecule has 3 rings (SSSR count). The zero-order valence-electron chi connectivity index (χ0n) is 8.94. The molecule has 1 heterocycles. The van der Waals surface area contributed by atoms with E-state index in [0.29, 0.717) is 11.8 Å². The van der Waals surface area contributed by atoms with E-state index in [1.54, 1.807) is 16.4 Å². The van der Waals surface area contributed by atoms with Crippen molar-refractivity contribution in [2.45, 2.75) is 29.7 Å². The number of thioether (sulfide) groups is 1. The van der Waals surface area contributed by atoms with Crippen LogP contribution in [-0.2, 0) is 7.05 Å². The topological polar surface area (TPSA) is 76.2 Å². The Morgan fingerprint density at radius 3 is 3.06 bits per heavy atom. The predicted molar refractivity (Wildman–Crippen MR) is 58.5 cm³/mol. The summed E-state index contributed by atoms with van der Waals surface area (Å²) in [5.41, 5.74) is 0.934. The summed E-state index contributed by atoms with van der Waals surface area (Å²) in [4.78, 5) is 0. The van der Waals surface area contributed by atoms with Gasteiger partial charge in [0.15, 0.2) is 0 Å². The van der Waals surface area contributed by atoms with Gasteiger partial charge in [0, 0.05) is 13.0 Å². The third kappa shape index (κ3) is 1.41. The summed E-state index contributed by atoms with van der Waals surface area (Å²) in [6.07, 6.45) is 3.55. The number of hydrogen-bond acceptors (Lipinski definition) is 6. The summed E-state index contributed by atoms with van der Waals surface area (Å²) in [5, 5.41) is 25.0. The molecule has 86 valence electrons. The number of fused-ring (bicyclic) bond motifs is 2. The van der Waals surface area contributed by atoms with Gasteiger partial charge in [-0.15, -0.1) is 5.10 Å². The molecule has 2 bridgehead atoms. The van der Waals surface area contributed by atoms with Crippen molar-refractivity contribution in [3.63, 3.8) is 0 Å². The van der Waals surface area contributed by atoms with E-state index in [0.717, 1.165) is 23.7 Å². The SMILES string of the molecule is Cn1nnnc1SC1C(=NO)C2CCC1C2. The number of nitrogens with zero attached hydrogens (tertiary/aromatic N) is 5. The van der Waals surface area contributed by atoms with E-state index in [4.69, 9.17) is 5.21 Å². The first-order chi connectivity index (χ1) is 7.79. The summed E-state index contributed by atoms with van der Waals surface area (Å²) >= 11 is 1.62. The van der Waals surface area contributed by atoms with Crippen LogP contribution >= 0.6 is 11.8 Å². The second kappa shape index (κ2) is 3.73. The Kier molecular flexibility index (Phi) is 2.34. The molecule has 2 fully saturated rings. The van der Waals surface area contributed by atoms with Crippen molar-refractivity contribution in [1.29, 1.82) is 0 Å². The second-order valence-corrected chi connectivity index (χ2v) is 5.53. The van der Waals surface area contributed by atoms with Gasteiger partial charge in [-0.25, -0.2) is 4.68 Å². The van der Waals surface area contributed by atoms with Crippen molar-refractivity contribution < 1.29 is 5.21 Å². The van der Waals surface area contributed by atoms with Gasteiger partial charge in [0.25, 0.3) is 0 Å². The zero-order chi connectivity index (χ0) is 11.1. The molecule has 0 amide bonds. The highest BCUT2D eigenvalue weighted by molar-refractivity contribution is 8.00. The van der Waals surface area contributed by atoms with E-state index < -0.39 is 0 Å². The Morgan fingerprint density at radius 2 is 2.38 bits per heavy atom. The molecule has 6 nitrogen and oxygen atoms in total. The summed E-state index contributed by atoms with van der Waals surface area (Å²) in [6, 6.07) is 0. The quantitative estimate of drug-likeness (QED) is 0.613. The summed E-state index contributed by atoms with van der Waals surface area (Å²) in [7, 11) is 1.82. The molecule has 1 aromatic rings. The minimum Gasteiger partial charge on any atom is -0.411 e. The van der Waals surface area contributed by atoms with E-state index in [1.165, 1.54) is 6.42 Å². The maximum absolute atomic E-state index is 9.07. The molecule has 0 aromatic carbocycles. The fourth-order valence-electron chi connectivity index (χ4n) is 2.76. The highest BCUT2D eigenvalue weighted by Gasteiger charge is 2.46. The number of hydrogen-bond donors (Lipinski definition) is 1. The average molecular weight is 239 g/mol. The van der Waals surface area contributed by atoms with E-state index in [9.17, 15) is 0 Å². The van der Waals surface area contributed by atoms with E-state index in [-0.39, 0.29) is 5.25 Å². The number of tetrazole rings is 1. The minimum absolute atomic E-state index is 0.258. The molecule has 0 radical (unpaired) electrons. The van der Waals surface area contributed by atoms with Crippen LogP contribution < -0.4 is 0 Å². The van der Waals surface area contributed by atoms with Crippen LogP contribution in [0.15, 0.2) is 10.3 Å². The molecule has 7 heteroatoms. The van der Waals surface area contributed by atoms with Gasteiger partial charge in [0.05, 0.1) is 11.0 Å². The fourth-order valence-corrected chi connectivity index (χ4v) is 4.06. The lowest BCUT2D eigenvalue weighted by molar-refractivity contribution is 0.314. The lowest BCUT2D eigenvalue weighted by atomic mass is 9.98. The molecule has 0 saturated heterocycles. The standard InChI is InChI=1S/C9H13N5OS/c1-14-9(10-12-13-14)16-8-6-3-2-5(4-6)7(8)11-15/h5-6,8,15H,2-4H2,1H3. The first-order valence-electron chi connectivity index (χ1n) is 5.40. The normalized spacial score (nSPS) is 35.1. The fraction of sp³-hybridized carbons (Fsp3) is 0.778. The number of aryl methyl sites for hydroxylation is 1. The summed E-state index contributed by atoms with van der Waals surface area (Å²) in [5.74, 6) is 1.10. The van der Waals surface area contributed by atoms with Gasteiger partial charge in [-0.3, -0.25) is 0 Å². The van der Waals surface area contributed by atoms with E-state index in [1.807, 2.05) is 7.05 Å². The molecular weight excluding hydrogens is 226 g/mol. The maximum Gasteiger partial charge on any atom is 0.209 e. The lowest BCUT2D eigenvalue weighted by Crippen LogP contribution is -2.25. The first-order valence-corrected chi connectivity index (χ1v) is 6.28. The minimum atomic E-state index is 0.258. The molecule has 2 aliphatic carbocycles. The zero-order valence-corrected chi connectivity index (χ0v) is 9.76. The van der Waals surface area contributed by atoms with E-state index >= 15 is 0 Å². The van der Waals surface area contributed by atoms with Crippen LogP contribution in [0.25, 0.3) is 0 Å². The largest absolute Gasteiger partial charge is 0.411 e. The Morgan fingerprint density at radius 1 is 1.50 bits per heavy atom. The molecule has 16 heavy (non-hydrogen) atoms. The number of oxime groups is 1. The van der Waals surface area contributed by atoms with Crippen LogP contribution in [0, 0.1) is 11.8 Å². The predicted octanol–water partition coefficient (Wildman–Crippen LogP) is 0.931. The van der Waals surface area contributed by atoms with Crippen molar-refractivity contribution in [3.8, 4) is 0 Å². The Balaban J connectivity index is 1.83. The second-order valence-electron chi connectivity index (χ2n) is 4.42. The van der Waals surface area contributed by atoms with Gasteiger partial charge in [0.1, 0.15) is 0 Å². The molecule has 2 saturated carbocycles. The number of aromatic nitrogens is 4. The van der Waals surface area contributed by atoms with Crippen molar-refractivity contribution in [2.75, 3.05) is 0 Å². The van der Waals surface area contributed by atoms with Gasteiger partial charge in [-0.1, -0.05) is 16.9 Å². The maximum atomic E-state index is 9.07. The average Bonchev–Trinajstić information content (AvgIpc) is 2.95. The molecule has 3 atom stereocenters. The van der Waals surface area contributed by atoms with Crippen LogP contribution in [-0.4, -0.2) is 36.4 Å². The third-order valence-corrected chi connectivity index (χ3v) is 4.98. The molecule has 1 aromatic heterocycles. The van der Waals surface area contributed by atoms with Gasteiger partial charge >= 0.3 is 0 Å². The molecule has 1 N–H and O–H groups in total. The van der Waals surface area contributed by atoms with Crippen LogP contribution in [0.3, 0.4) is 0 Å². The molecule has 3 unspecified atom stereocenters. The molecule has 2 aliphatic rings. The van der Waals surface area contributed by atoms with Crippen LogP contribution in [0.2, 0.25) is 0 Å². The van der Waals surface area contributed by atoms with Crippen molar-refractivity contribution in [2.24, 2.45) is 24.0 Å². The third-order valence-electron chi connectivity index (χ3n) is 3.54. The molecular formula is C9H13N5OS. The van der Waals surface area contributed by atoms with Gasteiger partial charge in [0.2, 0.25) is 5.16 Å². The molecule has 0 aliphatic heterocycles. The van der Waals surface area contributed by atoms with Crippen molar-refractivity contribution >= 4 is 17.5 Å². The van der Waals surface area contributed by atoms with E-state index in [2.05, 4.69) is 20.7 Å². The lowest BCUT2D eigenvalue weighted by Gasteiger charge is -2.20. The Hall–Kier alpha value is -1.11. The smallest absolute Gasteiger partial charge is 0.209 e. The van der Waals surface area contributed by atoms with Crippen molar-refractivity contribution in [1.82, 2.24) is 20.2 Å². The monoisotopic (exact) mass is 239 g/mol. The first kappa shape index (κ1) is 10.1. The van der Waals surface area contributed by atoms with Gasteiger partial charge in [-0.2, -0.15) is 0 Å². The van der Waals surface area contributed by atoms with Gasteiger partial charge < -0.3 is 5.21 Å². The highest BCUT2D eigenvalue weighted by atomic mass is 32.2. The van der Waals surface area contributed by atoms with Crippen LogP contribution in [0.5, 0.6) is 0 Å². The van der Waals surface area contributed by atoms with Crippen LogP contribution in [0.1, 0.15) is 19.3 Å². The highest BCUT2D eigenvalue weighted by Crippen LogP contribution is 2.48. The summed E-state index contributed by atoms with van der Waals surface area (Å²) in [6.45, 7) is 0. The van der Waals surface area contributed by atoms with Gasteiger partial charge in [-0.05, 0) is 35.6 Å². The Labute approximate surface area is 97.1 Å². The molecule has 0 spiro atoms. The number of rotatable bonds is 2.